The standard InChI is InChI=1S/C11H13I2N3S/c12-10-11(13)16(8-15-10)6-5-14-4-3-9-2-1-7-17-9/h1-2,7-8,14H,3-6H2. The molecule has 6 heteroatoms. The molecule has 0 fully saturated rings. The van der Waals surface area contributed by atoms with E-state index in [1.807, 2.05) is 17.7 Å². The highest BCUT2D eigenvalue weighted by Gasteiger charge is 2.03. The van der Waals surface area contributed by atoms with Crippen LogP contribution in [0.2, 0.25) is 0 Å². The molecule has 17 heavy (non-hydrogen) atoms. The van der Waals surface area contributed by atoms with Gasteiger partial charge < -0.3 is 9.88 Å². The van der Waals surface area contributed by atoms with Crippen molar-refractivity contribution in [3.8, 4) is 0 Å². The Morgan fingerprint density at radius 3 is 2.88 bits per heavy atom. The molecule has 0 bridgehead atoms. The Morgan fingerprint density at radius 2 is 2.24 bits per heavy atom. The fraction of sp³-hybridized carbons (Fsp3) is 0.364. The molecule has 0 unspecified atom stereocenters. The van der Waals surface area contributed by atoms with Crippen LogP contribution in [0.25, 0.3) is 0 Å². The van der Waals surface area contributed by atoms with Gasteiger partial charge in [0.2, 0.25) is 0 Å². The molecule has 0 aliphatic heterocycles. The lowest BCUT2D eigenvalue weighted by Gasteiger charge is -2.05. The first-order valence-electron chi connectivity index (χ1n) is 5.36. The maximum absolute atomic E-state index is 4.27. The normalized spacial score (nSPS) is 10.9. The monoisotopic (exact) mass is 473 g/mol. The van der Waals surface area contributed by atoms with Gasteiger partial charge in [-0.2, -0.15) is 0 Å². The minimum atomic E-state index is 0.985. The lowest BCUT2D eigenvalue weighted by atomic mass is 10.3. The van der Waals surface area contributed by atoms with Crippen LogP contribution in [-0.2, 0) is 13.0 Å². The van der Waals surface area contributed by atoms with Gasteiger partial charge >= 0.3 is 0 Å². The zero-order valence-corrected chi connectivity index (χ0v) is 14.3. The molecular weight excluding hydrogens is 460 g/mol. The highest BCUT2D eigenvalue weighted by molar-refractivity contribution is 14.1. The van der Waals surface area contributed by atoms with Gasteiger partial charge in [-0.1, -0.05) is 6.07 Å². The number of hydrogen-bond donors (Lipinski definition) is 1. The van der Waals surface area contributed by atoms with E-state index < -0.39 is 0 Å². The lowest BCUT2D eigenvalue weighted by molar-refractivity contribution is 0.592. The molecule has 92 valence electrons. The summed E-state index contributed by atoms with van der Waals surface area (Å²) in [5.41, 5.74) is 0. The van der Waals surface area contributed by atoms with Gasteiger partial charge in [0.1, 0.15) is 7.40 Å². The maximum Gasteiger partial charge on any atom is 0.132 e. The third kappa shape index (κ3) is 4.18. The number of rotatable bonds is 6. The van der Waals surface area contributed by atoms with Gasteiger partial charge in [0.25, 0.3) is 0 Å². The number of nitrogens with zero attached hydrogens (tertiary/aromatic N) is 2. The summed E-state index contributed by atoms with van der Waals surface area (Å²) in [4.78, 5) is 5.72. The smallest absolute Gasteiger partial charge is 0.132 e. The molecule has 2 aromatic rings. The van der Waals surface area contributed by atoms with E-state index in [1.165, 1.54) is 8.58 Å². The second kappa shape index (κ2) is 7.05. The quantitative estimate of drug-likeness (QED) is 0.517. The number of halogens is 2. The molecule has 0 atom stereocenters. The van der Waals surface area contributed by atoms with Crippen LogP contribution in [0, 0.1) is 7.40 Å². The molecule has 1 N–H and O–H groups in total. The summed E-state index contributed by atoms with van der Waals surface area (Å²) >= 11 is 6.42. The first kappa shape index (κ1) is 13.8. The Labute approximate surface area is 132 Å². The highest BCUT2D eigenvalue weighted by Crippen LogP contribution is 2.12. The van der Waals surface area contributed by atoms with Crippen LogP contribution < -0.4 is 5.32 Å². The second-order valence-electron chi connectivity index (χ2n) is 3.60. The zero-order chi connectivity index (χ0) is 12.1. The molecule has 0 saturated heterocycles. The van der Waals surface area contributed by atoms with Crippen molar-refractivity contribution in [3.63, 3.8) is 0 Å². The molecule has 2 rings (SSSR count). The van der Waals surface area contributed by atoms with Crippen LogP contribution >= 0.6 is 56.5 Å². The lowest BCUT2D eigenvalue weighted by Crippen LogP contribution is -2.22. The van der Waals surface area contributed by atoms with Gasteiger partial charge in [-0.15, -0.1) is 11.3 Å². The minimum Gasteiger partial charge on any atom is -0.324 e. The predicted molar refractivity (Wildman–Crippen MR) is 88.6 cm³/mol. The molecule has 3 nitrogen and oxygen atoms in total. The van der Waals surface area contributed by atoms with Crippen molar-refractivity contribution < 1.29 is 0 Å². The summed E-state index contributed by atoms with van der Waals surface area (Å²) < 4.78 is 4.49. The fourth-order valence-corrected chi connectivity index (χ4v) is 3.14. The van der Waals surface area contributed by atoms with Crippen molar-refractivity contribution in [2.45, 2.75) is 13.0 Å². The number of nitrogens with one attached hydrogen (secondary N) is 1. The summed E-state index contributed by atoms with van der Waals surface area (Å²) in [5, 5.41) is 5.59. The van der Waals surface area contributed by atoms with Gasteiger partial charge in [0, 0.05) is 24.5 Å². The number of aromatic nitrogens is 2. The van der Waals surface area contributed by atoms with Crippen molar-refractivity contribution in [1.29, 1.82) is 0 Å². The molecule has 0 amide bonds. The number of thiophene rings is 1. The highest BCUT2D eigenvalue weighted by atomic mass is 127. The summed E-state index contributed by atoms with van der Waals surface area (Å²) in [6, 6.07) is 4.29. The fourth-order valence-electron chi connectivity index (χ4n) is 1.49. The molecule has 0 aliphatic rings. The predicted octanol–water partition coefficient (Wildman–Crippen LogP) is 2.99. The van der Waals surface area contributed by atoms with Crippen molar-refractivity contribution >= 4 is 56.5 Å². The van der Waals surface area contributed by atoms with Crippen molar-refractivity contribution in [2.24, 2.45) is 0 Å². The first-order valence-corrected chi connectivity index (χ1v) is 8.40. The van der Waals surface area contributed by atoms with Crippen LogP contribution in [0.1, 0.15) is 4.88 Å². The Morgan fingerprint density at radius 1 is 1.35 bits per heavy atom. The molecule has 0 saturated carbocycles. The van der Waals surface area contributed by atoms with Crippen molar-refractivity contribution in [3.05, 3.63) is 36.1 Å². The number of imidazole rings is 1. The van der Waals surface area contributed by atoms with E-state index in [0.29, 0.717) is 0 Å². The van der Waals surface area contributed by atoms with Gasteiger partial charge in [-0.25, -0.2) is 4.98 Å². The third-order valence-electron chi connectivity index (χ3n) is 2.39. The zero-order valence-electron chi connectivity index (χ0n) is 9.20. The van der Waals surface area contributed by atoms with Crippen LogP contribution in [0.3, 0.4) is 0 Å². The first-order chi connectivity index (χ1) is 8.27. The van der Waals surface area contributed by atoms with Gasteiger partial charge in [-0.05, 0) is 63.0 Å². The summed E-state index contributed by atoms with van der Waals surface area (Å²) in [7, 11) is 0. The summed E-state index contributed by atoms with van der Waals surface area (Å²) in [5.74, 6) is 0. The second-order valence-corrected chi connectivity index (χ2v) is 6.67. The van der Waals surface area contributed by atoms with Crippen molar-refractivity contribution in [2.75, 3.05) is 13.1 Å². The van der Waals surface area contributed by atoms with E-state index in [1.54, 1.807) is 0 Å². The molecule has 0 spiro atoms. The van der Waals surface area contributed by atoms with E-state index in [9.17, 15) is 0 Å². The largest absolute Gasteiger partial charge is 0.324 e. The minimum absolute atomic E-state index is 0.985. The van der Waals surface area contributed by atoms with E-state index in [4.69, 9.17) is 0 Å². The van der Waals surface area contributed by atoms with Gasteiger partial charge in [0.15, 0.2) is 0 Å². The van der Waals surface area contributed by atoms with Crippen LogP contribution in [0.4, 0.5) is 0 Å². The number of hydrogen-bond acceptors (Lipinski definition) is 3. The Kier molecular flexibility index (Phi) is 5.70. The van der Waals surface area contributed by atoms with Gasteiger partial charge in [0.05, 0.1) is 6.33 Å². The average molecular weight is 473 g/mol. The average Bonchev–Trinajstić information content (AvgIpc) is 2.93. The Balaban J connectivity index is 1.65. The maximum atomic E-state index is 4.27. The van der Waals surface area contributed by atoms with Crippen LogP contribution in [0.15, 0.2) is 23.8 Å². The molecule has 0 aromatic carbocycles. The Hall–Kier alpha value is 0.330. The molecule has 0 aliphatic carbocycles. The van der Waals surface area contributed by atoms with E-state index >= 15 is 0 Å². The summed E-state index contributed by atoms with van der Waals surface area (Å²) in [6.07, 6.45) is 3.03. The van der Waals surface area contributed by atoms with Crippen LogP contribution in [0.5, 0.6) is 0 Å². The molecule has 2 heterocycles. The van der Waals surface area contributed by atoms with Crippen molar-refractivity contribution in [1.82, 2.24) is 14.9 Å². The van der Waals surface area contributed by atoms with Crippen LogP contribution in [-0.4, -0.2) is 22.6 Å². The summed E-state index contributed by atoms with van der Waals surface area (Å²) in [6.45, 7) is 3.02. The van der Waals surface area contributed by atoms with E-state index in [2.05, 4.69) is 77.6 Å². The molecule has 0 radical (unpaired) electrons. The Bertz CT molecular complexity index is 453. The topological polar surface area (TPSA) is 29.9 Å². The molecular formula is C11H13I2N3S. The SMILES string of the molecule is Ic1ncn(CCNCCc2cccs2)c1I. The van der Waals surface area contributed by atoms with E-state index in [0.717, 1.165) is 29.8 Å². The van der Waals surface area contributed by atoms with E-state index in [-0.39, 0.29) is 0 Å². The van der Waals surface area contributed by atoms with Gasteiger partial charge in [-0.3, -0.25) is 0 Å². The third-order valence-corrected chi connectivity index (χ3v) is 6.28. The molecule has 2 aromatic heterocycles.